The molecule has 4 amide bonds. The molecule has 0 aliphatic heterocycles. The Balaban J connectivity index is 0.953. The summed E-state index contributed by atoms with van der Waals surface area (Å²) in [6.45, 7) is 6.04. The third-order valence-corrected chi connectivity index (χ3v) is 9.94. The number of hydrogen-bond acceptors (Lipinski definition) is 10. The fourth-order valence-corrected chi connectivity index (χ4v) is 6.77. The van der Waals surface area contributed by atoms with E-state index in [9.17, 15) is 24.0 Å². The summed E-state index contributed by atoms with van der Waals surface area (Å²) < 4.78 is 15.4. The fraction of sp³-hybridized carbons (Fsp3) is 0.341. The maximum Gasteiger partial charge on any atom is 0.412 e. The molecule has 2 aromatic carbocycles. The Labute approximate surface area is 359 Å². The Kier molecular flexibility index (Phi) is 16.1. The number of aryl methyl sites for hydroxylation is 3. The average Bonchev–Trinajstić information content (AvgIpc) is 3.89. The van der Waals surface area contributed by atoms with Crippen molar-refractivity contribution in [2.24, 2.45) is 31.4 Å². The number of nitrogens with zero attached hydrogens (tertiary/aromatic N) is 5. The van der Waals surface area contributed by atoms with Crippen LogP contribution in [0, 0.1) is 0 Å². The van der Waals surface area contributed by atoms with Gasteiger partial charge in [0, 0.05) is 64.2 Å². The molecule has 3 aromatic heterocycles. The van der Waals surface area contributed by atoms with Crippen molar-refractivity contribution in [1.82, 2.24) is 19.0 Å². The number of amides is 4. The van der Waals surface area contributed by atoms with Gasteiger partial charge in [-0.1, -0.05) is 36.8 Å². The molecule has 3 heterocycles. The summed E-state index contributed by atoms with van der Waals surface area (Å²) in [5.41, 5.74) is 4.18. The molecule has 17 heteroatoms. The van der Waals surface area contributed by atoms with Gasteiger partial charge in [-0.3, -0.25) is 24.5 Å². The Hall–Kier alpha value is -6.62. The van der Waals surface area contributed by atoms with Crippen LogP contribution in [0.1, 0.15) is 83.5 Å². The van der Waals surface area contributed by atoms with Crippen molar-refractivity contribution >= 4 is 70.0 Å². The third-order valence-electron chi connectivity index (χ3n) is 8.95. The van der Waals surface area contributed by atoms with Crippen LogP contribution in [-0.2, 0) is 41.2 Å². The zero-order valence-electron chi connectivity index (χ0n) is 35.3. The molecule has 5 aromatic rings. The van der Waals surface area contributed by atoms with Crippen LogP contribution in [-0.4, -0.2) is 68.0 Å². The van der Waals surface area contributed by atoms with Crippen molar-refractivity contribution in [2.45, 2.75) is 57.8 Å². The van der Waals surface area contributed by atoms with Gasteiger partial charge in [0.2, 0.25) is 0 Å². The summed E-state index contributed by atoms with van der Waals surface area (Å²) >= 11 is 1.69. The van der Waals surface area contributed by atoms with E-state index in [0.29, 0.717) is 60.9 Å². The van der Waals surface area contributed by atoms with Crippen molar-refractivity contribution in [1.29, 1.82) is 0 Å². The molecule has 0 bridgehead atoms. The lowest BCUT2D eigenvalue weighted by atomic mass is 10.2. The number of anilines is 3. The highest BCUT2D eigenvalue weighted by Gasteiger charge is 2.21. The predicted octanol–water partition coefficient (Wildman–Crippen LogP) is 8.74. The van der Waals surface area contributed by atoms with E-state index in [-0.39, 0.29) is 23.3 Å². The minimum Gasteiger partial charge on any atom is -0.465 e. The average molecular weight is 852 g/mol. The van der Waals surface area contributed by atoms with E-state index >= 15 is 0 Å². The van der Waals surface area contributed by atoms with E-state index in [2.05, 4.69) is 31.5 Å². The highest BCUT2D eigenvalue weighted by molar-refractivity contribution is 7.98. The quantitative estimate of drug-likeness (QED) is 0.0360. The van der Waals surface area contributed by atoms with Gasteiger partial charge in [-0.2, -0.15) is 22.0 Å². The van der Waals surface area contributed by atoms with E-state index in [1.807, 2.05) is 54.6 Å². The molecule has 0 saturated heterocycles. The number of aromatic nitrogens is 3. The summed E-state index contributed by atoms with van der Waals surface area (Å²) in [4.78, 5) is 63.6. The summed E-state index contributed by atoms with van der Waals surface area (Å²) in [6.07, 6.45) is 6.60. The molecule has 0 aliphatic rings. The molecule has 0 spiro atoms. The zero-order chi connectivity index (χ0) is 43.9. The summed E-state index contributed by atoms with van der Waals surface area (Å²) in [7, 11) is 5.05. The lowest BCUT2D eigenvalue weighted by molar-refractivity contribution is -0.143. The molecular weight excluding hydrogens is 799 g/mol. The second kappa shape index (κ2) is 21.6. The number of benzene rings is 2. The van der Waals surface area contributed by atoms with Crippen LogP contribution in [0.3, 0.4) is 0 Å². The largest absolute Gasteiger partial charge is 0.465 e. The van der Waals surface area contributed by atoms with Crippen LogP contribution in [0.2, 0.25) is 0 Å². The van der Waals surface area contributed by atoms with E-state index in [4.69, 9.17) is 9.47 Å². The Morgan fingerprint density at radius 2 is 1.18 bits per heavy atom. The predicted molar refractivity (Wildman–Crippen MR) is 237 cm³/mol. The normalized spacial score (nSPS) is 11.3. The molecule has 4 N–H and O–H groups in total. The second-order valence-electron chi connectivity index (χ2n) is 15.3. The van der Waals surface area contributed by atoms with Gasteiger partial charge in [0.05, 0.1) is 28.4 Å². The van der Waals surface area contributed by atoms with Crippen LogP contribution in [0.15, 0.2) is 102 Å². The zero-order valence-corrected chi connectivity index (χ0v) is 36.1. The molecule has 61 heavy (non-hydrogen) atoms. The first-order valence-corrected chi connectivity index (χ1v) is 21.0. The Morgan fingerprint density at radius 3 is 1.74 bits per heavy atom. The molecule has 0 atom stereocenters. The smallest absolute Gasteiger partial charge is 0.412 e. The summed E-state index contributed by atoms with van der Waals surface area (Å²) in [6, 6.07) is 22.1. The standard InChI is InChI=1S/C44H53N9O7S/c1-44(2,3)60-43(58)48-35-25-38(53(6)28-35)42(57)47-34-24-37(52(5)27-34)41(56)46-33-23-36(51(4)26-33)40(55)45-20-12-8-11-15-39(54)59-21-22-61-29-30-16-18-32(19-17-30)50-49-31-13-9-7-10-14-31/h7,9-10,13-14,16-19,23-28H,8,11-12,15,20-22,29H2,1-6H3,(H,45,55)(H,46,56)(H,47,57)(H,48,58). The number of ether oxygens (including phenoxy) is 2. The number of thioether (sulfide) groups is 1. The van der Waals surface area contributed by atoms with Crippen LogP contribution in [0.4, 0.5) is 33.2 Å². The van der Waals surface area contributed by atoms with Crippen molar-refractivity contribution < 1.29 is 33.4 Å². The van der Waals surface area contributed by atoms with Crippen LogP contribution in [0.5, 0.6) is 0 Å². The first-order chi connectivity index (χ1) is 29.1. The van der Waals surface area contributed by atoms with Gasteiger partial charge >= 0.3 is 12.1 Å². The Morgan fingerprint density at radius 1 is 0.656 bits per heavy atom. The van der Waals surface area contributed by atoms with Gasteiger partial charge in [-0.25, -0.2) is 4.79 Å². The van der Waals surface area contributed by atoms with Gasteiger partial charge in [0.15, 0.2) is 0 Å². The number of nitrogens with one attached hydrogen (secondary N) is 4. The molecule has 5 rings (SSSR count). The van der Waals surface area contributed by atoms with Crippen molar-refractivity contribution in [3.05, 3.63) is 114 Å². The molecule has 0 unspecified atom stereocenters. The summed E-state index contributed by atoms with van der Waals surface area (Å²) in [5, 5.41) is 19.6. The molecule has 0 radical (unpaired) electrons. The topological polar surface area (TPSA) is 191 Å². The maximum absolute atomic E-state index is 13.2. The first kappa shape index (κ1) is 45.5. The van der Waals surface area contributed by atoms with Crippen LogP contribution in [0.25, 0.3) is 0 Å². The van der Waals surface area contributed by atoms with Crippen molar-refractivity contribution in [2.75, 3.05) is 34.9 Å². The summed E-state index contributed by atoms with van der Waals surface area (Å²) in [5.74, 6) is 0.0833. The fourth-order valence-electron chi connectivity index (χ4n) is 6.00. The molecule has 0 saturated carbocycles. The number of azo groups is 1. The number of carbonyl (C=O) groups is 5. The third kappa shape index (κ3) is 14.6. The number of rotatable bonds is 19. The van der Waals surface area contributed by atoms with Gasteiger partial charge in [0.25, 0.3) is 17.7 Å². The van der Waals surface area contributed by atoms with Gasteiger partial charge in [0.1, 0.15) is 29.3 Å². The minimum absolute atomic E-state index is 0.232. The lowest BCUT2D eigenvalue weighted by Crippen LogP contribution is -2.27. The van der Waals surface area contributed by atoms with E-state index < -0.39 is 23.5 Å². The number of unbranched alkanes of at least 4 members (excludes halogenated alkanes) is 2. The number of carbonyl (C=O) groups excluding carboxylic acids is 5. The highest BCUT2D eigenvalue weighted by atomic mass is 32.2. The van der Waals surface area contributed by atoms with Crippen molar-refractivity contribution in [3.8, 4) is 0 Å². The van der Waals surface area contributed by atoms with Crippen LogP contribution < -0.4 is 21.3 Å². The number of hydrogen-bond donors (Lipinski definition) is 4. The SMILES string of the molecule is Cn1cc(NC(=O)c2cc(NC(=O)c3cc(NC(=O)OC(C)(C)C)cn3C)cn2C)cc1C(=O)NCCCCCC(=O)OCCSCc1ccc(N=Nc2ccccc2)cc1. The highest BCUT2D eigenvalue weighted by Crippen LogP contribution is 2.22. The van der Waals surface area contributed by atoms with Gasteiger partial charge in [-0.05, 0) is 81.6 Å². The van der Waals surface area contributed by atoms with E-state index in [1.54, 1.807) is 92.0 Å². The molecular formula is C44H53N9O7S. The van der Waals surface area contributed by atoms with E-state index in [0.717, 1.165) is 29.1 Å². The second-order valence-corrected chi connectivity index (χ2v) is 16.4. The monoisotopic (exact) mass is 851 g/mol. The molecule has 322 valence electrons. The number of esters is 1. The van der Waals surface area contributed by atoms with Gasteiger partial charge < -0.3 is 39.1 Å². The lowest BCUT2D eigenvalue weighted by Gasteiger charge is -2.19. The van der Waals surface area contributed by atoms with Crippen LogP contribution >= 0.6 is 11.8 Å². The Bertz CT molecular complexity index is 2320. The molecule has 0 fully saturated rings. The van der Waals surface area contributed by atoms with Gasteiger partial charge in [-0.15, -0.1) is 0 Å². The molecule has 0 aliphatic carbocycles. The first-order valence-electron chi connectivity index (χ1n) is 19.8. The maximum atomic E-state index is 13.2. The van der Waals surface area contributed by atoms with E-state index in [1.165, 1.54) is 12.1 Å². The molecule has 16 nitrogen and oxygen atoms in total. The minimum atomic E-state index is -0.674. The van der Waals surface area contributed by atoms with Crippen molar-refractivity contribution in [3.63, 3.8) is 0 Å².